The molecule has 2 aliphatic rings. The second-order valence-corrected chi connectivity index (χ2v) is 11.8. The first-order valence-corrected chi connectivity index (χ1v) is 16.2. The van der Waals surface area contributed by atoms with E-state index in [2.05, 4.69) is 19.2 Å². The first-order chi connectivity index (χ1) is 17.3. The Labute approximate surface area is 221 Å². The lowest BCUT2D eigenvalue weighted by Crippen LogP contribution is -2.51. The number of amides is 1. The van der Waals surface area contributed by atoms with Gasteiger partial charge in [0.05, 0.1) is 10.1 Å². The first kappa shape index (κ1) is 32.6. The third kappa shape index (κ3) is 18.0. The van der Waals surface area contributed by atoms with Gasteiger partial charge in [0.2, 0.25) is 5.91 Å². The number of likely N-dealkylation sites (tertiary alicyclic amines) is 1. The van der Waals surface area contributed by atoms with Crippen LogP contribution in [0.1, 0.15) is 122 Å². The molecule has 1 fully saturated rings. The van der Waals surface area contributed by atoms with Crippen molar-refractivity contribution in [2.75, 3.05) is 26.0 Å². The molecule has 0 aliphatic carbocycles. The molecule has 1 saturated heterocycles. The first-order valence-electron chi connectivity index (χ1n) is 14.3. The highest BCUT2D eigenvalue weighted by molar-refractivity contribution is 7.84. The summed E-state index contributed by atoms with van der Waals surface area (Å²) in [4.78, 5) is 20.0. The highest BCUT2D eigenvalue weighted by Gasteiger charge is 2.34. The van der Waals surface area contributed by atoms with Crippen LogP contribution in [0.3, 0.4) is 0 Å². The molecule has 0 saturated carbocycles. The van der Waals surface area contributed by atoms with E-state index in [1.54, 1.807) is 6.26 Å². The molecule has 0 aromatic rings. The minimum atomic E-state index is -3.92. The zero-order chi connectivity index (χ0) is 26.5. The minimum absolute atomic E-state index is 0.274. The predicted molar refractivity (Wildman–Crippen MR) is 145 cm³/mol. The summed E-state index contributed by atoms with van der Waals surface area (Å²) in [6.45, 7) is 4.76. The predicted octanol–water partition coefficient (Wildman–Crippen LogP) is 6.78. The Balaban J connectivity index is 0.00000118. The van der Waals surface area contributed by atoms with Crippen LogP contribution in [0.25, 0.3) is 0 Å². The summed E-state index contributed by atoms with van der Waals surface area (Å²) >= 11 is 0. The molecule has 2 aliphatic heterocycles. The van der Waals surface area contributed by atoms with Gasteiger partial charge in [-0.15, -0.1) is 0 Å². The van der Waals surface area contributed by atoms with Gasteiger partial charge < -0.3 is 9.39 Å². The lowest BCUT2D eigenvalue weighted by atomic mass is 10.0. The van der Waals surface area contributed by atoms with Crippen LogP contribution in [0.5, 0.6) is 0 Å². The number of unbranched alkanes of at least 4 members (excludes halogenated alkanes) is 15. The lowest BCUT2D eigenvalue weighted by Gasteiger charge is -2.35. The van der Waals surface area contributed by atoms with Crippen LogP contribution in [0, 0.1) is 0 Å². The molecule has 0 N–H and O–H groups in total. The highest BCUT2D eigenvalue weighted by atomic mass is 32.2. The van der Waals surface area contributed by atoms with Gasteiger partial charge in [-0.1, -0.05) is 101 Å². The third-order valence-electron chi connectivity index (χ3n) is 6.79. The molecule has 0 spiro atoms. The molecule has 1 amide bonds. The highest BCUT2D eigenvalue weighted by Crippen LogP contribution is 2.22. The van der Waals surface area contributed by atoms with Crippen LogP contribution in [-0.4, -0.2) is 54.4 Å². The van der Waals surface area contributed by atoms with Crippen molar-refractivity contribution >= 4 is 16.0 Å². The quantitative estimate of drug-likeness (QED) is 0.105. The van der Waals surface area contributed by atoms with Crippen molar-refractivity contribution in [3.8, 4) is 0 Å². The summed E-state index contributed by atoms with van der Waals surface area (Å²) in [6, 6.07) is 0. The van der Waals surface area contributed by atoms with E-state index in [9.17, 15) is 4.79 Å². The number of hydroxylamine groups is 3. The molecule has 0 bridgehead atoms. The van der Waals surface area contributed by atoms with Crippen molar-refractivity contribution in [1.29, 1.82) is 0 Å². The number of quaternary nitrogens is 1. The summed E-state index contributed by atoms with van der Waals surface area (Å²) in [6.07, 6.45) is 32.3. The lowest BCUT2D eigenvalue weighted by molar-refractivity contribution is -1.06. The summed E-state index contributed by atoms with van der Waals surface area (Å²) in [5.74, 6) is 0.274. The molecule has 2 rings (SSSR count). The zero-order valence-electron chi connectivity index (χ0n) is 23.0. The van der Waals surface area contributed by atoms with Crippen molar-refractivity contribution in [3.63, 3.8) is 0 Å². The molecule has 36 heavy (non-hydrogen) atoms. The van der Waals surface area contributed by atoms with Crippen molar-refractivity contribution in [1.82, 2.24) is 4.90 Å². The summed E-state index contributed by atoms with van der Waals surface area (Å²) < 4.78 is 27.7. The van der Waals surface area contributed by atoms with E-state index in [4.69, 9.17) is 17.8 Å². The van der Waals surface area contributed by atoms with Gasteiger partial charge in [0, 0.05) is 25.6 Å². The molecular weight excluding hydrogens is 476 g/mol. The summed E-state index contributed by atoms with van der Waals surface area (Å²) in [5, 5.41) is 0. The molecular formula is C28H52N2O5S. The maximum Gasteiger partial charge on any atom is 0.227 e. The second-order valence-electron chi connectivity index (χ2n) is 10.4. The third-order valence-corrected chi connectivity index (χ3v) is 6.79. The van der Waals surface area contributed by atoms with Crippen molar-refractivity contribution in [3.05, 3.63) is 24.6 Å². The van der Waals surface area contributed by atoms with E-state index in [-0.39, 0.29) is 5.91 Å². The van der Waals surface area contributed by atoms with Gasteiger partial charge in [-0.05, 0) is 25.0 Å². The zero-order valence-corrected chi connectivity index (χ0v) is 23.8. The number of nitrogens with zero attached hydrogens (tertiary/aromatic N) is 2. The van der Waals surface area contributed by atoms with E-state index < -0.39 is 10.1 Å². The van der Waals surface area contributed by atoms with Gasteiger partial charge in [0.15, 0.2) is 12.9 Å². The fraction of sp³-hybridized carbons (Fsp3) is 0.821. The number of hydrogen-bond acceptors (Lipinski definition) is 5. The molecule has 8 heteroatoms. The van der Waals surface area contributed by atoms with Crippen molar-refractivity contribution in [2.24, 2.45) is 0 Å². The number of allylic oxidation sites excluding steroid dienone is 2. The Kier molecular flexibility index (Phi) is 17.9. The monoisotopic (exact) mass is 528 g/mol. The van der Waals surface area contributed by atoms with Crippen LogP contribution in [0.15, 0.2) is 24.6 Å². The molecule has 2 heterocycles. The van der Waals surface area contributed by atoms with E-state index in [1.807, 2.05) is 11.0 Å². The maximum atomic E-state index is 12.0. The van der Waals surface area contributed by atoms with Gasteiger partial charge in [0.25, 0.3) is 0 Å². The topological polar surface area (TPSA) is 86.7 Å². The molecule has 1 atom stereocenters. The minimum Gasteiger partial charge on any atom is -0.748 e. The molecule has 210 valence electrons. The number of carbonyl (C=O) groups is 1. The van der Waals surface area contributed by atoms with Crippen LogP contribution in [0.2, 0.25) is 0 Å². The maximum absolute atomic E-state index is 12.0. The van der Waals surface area contributed by atoms with Gasteiger partial charge in [-0.2, -0.15) is 0 Å². The van der Waals surface area contributed by atoms with E-state index in [1.165, 1.54) is 96.3 Å². The summed E-state index contributed by atoms with van der Waals surface area (Å²) in [5.41, 5.74) is 0. The van der Waals surface area contributed by atoms with Crippen molar-refractivity contribution < 1.29 is 27.2 Å². The van der Waals surface area contributed by atoms with Gasteiger partial charge >= 0.3 is 0 Å². The van der Waals surface area contributed by atoms with Crippen LogP contribution < -0.4 is 0 Å². The molecule has 0 radical (unpaired) electrons. The number of hydrogen-bond donors (Lipinski definition) is 0. The fourth-order valence-corrected chi connectivity index (χ4v) is 4.79. The Hall–Kier alpha value is -1.38. The smallest absolute Gasteiger partial charge is 0.227 e. The largest absolute Gasteiger partial charge is 0.748 e. The van der Waals surface area contributed by atoms with Gasteiger partial charge in [0.1, 0.15) is 12.7 Å². The van der Waals surface area contributed by atoms with Gasteiger partial charge in [-0.3, -0.25) is 9.69 Å². The SMILES string of the molecule is CCCCCCCCCCCCCCCCCC[N+]1(CN2CCCC2=O)C=CC=CO1.CS(=O)(=O)[O-]. The van der Waals surface area contributed by atoms with Crippen LogP contribution in [0.4, 0.5) is 0 Å². The van der Waals surface area contributed by atoms with E-state index in [0.717, 1.165) is 25.9 Å². The number of rotatable bonds is 19. The fourth-order valence-electron chi connectivity index (χ4n) is 4.79. The van der Waals surface area contributed by atoms with Crippen LogP contribution in [-0.2, 0) is 19.8 Å². The van der Waals surface area contributed by atoms with Gasteiger partial charge in [-0.25, -0.2) is 8.42 Å². The van der Waals surface area contributed by atoms with E-state index >= 15 is 0 Å². The van der Waals surface area contributed by atoms with Crippen LogP contribution >= 0.6 is 0 Å². The number of carbonyl (C=O) groups excluding carboxylic acids is 1. The normalized spacial score (nSPS) is 19.3. The Morgan fingerprint density at radius 3 is 1.72 bits per heavy atom. The molecule has 7 nitrogen and oxygen atoms in total. The average Bonchev–Trinajstić information content (AvgIpc) is 3.22. The van der Waals surface area contributed by atoms with Crippen molar-refractivity contribution in [2.45, 2.75) is 122 Å². The molecule has 0 aromatic carbocycles. The average molecular weight is 529 g/mol. The Morgan fingerprint density at radius 1 is 0.861 bits per heavy atom. The second kappa shape index (κ2) is 19.7. The molecule has 0 aromatic heterocycles. The Morgan fingerprint density at radius 2 is 1.33 bits per heavy atom. The Bertz CT molecular complexity index is 730. The molecule has 1 unspecified atom stereocenters. The standard InChI is InChI=1S/C27H49N2O2.CH4O3S/c1-2-3-4-5-6-7-8-9-10-11-12-13-14-15-16-17-23-29(24-18-19-25-31-29)26-28-22-20-21-27(28)30;1-5(2,3)4/h18-19,24-25H,2-17,20-23,26H2,1H3;1H3,(H,2,3,4)/q+1;/p-1. The summed E-state index contributed by atoms with van der Waals surface area (Å²) in [7, 11) is -3.92. The van der Waals surface area contributed by atoms with E-state index in [0.29, 0.717) is 24.0 Å².